The Kier molecular flexibility index (Phi) is 3.99. The van der Waals surface area contributed by atoms with E-state index in [-0.39, 0.29) is 5.91 Å². The van der Waals surface area contributed by atoms with E-state index in [9.17, 15) is 4.79 Å². The predicted octanol–water partition coefficient (Wildman–Crippen LogP) is 3.12. The quantitative estimate of drug-likeness (QED) is 0.805. The zero-order valence-corrected chi connectivity index (χ0v) is 12.4. The molecule has 0 bridgehead atoms. The monoisotopic (exact) mass is 308 g/mol. The van der Waals surface area contributed by atoms with Gasteiger partial charge in [0.05, 0.1) is 24.4 Å². The molecule has 5 nitrogen and oxygen atoms in total. The molecule has 0 aliphatic heterocycles. The Bertz CT molecular complexity index is 813. The molecule has 0 fully saturated rings. The lowest BCUT2D eigenvalue weighted by Gasteiger charge is -2.08. The van der Waals surface area contributed by atoms with Crippen molar-refractivity contribution in [2.45, 2.75) is 6.54 Å². The summed E-state index contributed by atoms with van der Waals surface area (Å²) in [6.45, 7) is 0.619. The van der Waals surface area contributed by atoms with E-state index in [0.717, 1.165) is 4.88 Å². The molecule has 1 N–H and O–H groups in total. The van der Waals surface area contributed by atoms with Gasteiger partial charge in [-0.15, -0.1) is 11.3 Å². The normalized spacial score (nSPS) is 10.1. The molecule has 108 valence electrons. The van der Waals surface area contributed by atoms with Crippen molar-refractivity contribution in [1.82, 2.24) is 9.78 Å². The first-order valence-electron chi connectivity index (χ1n) is 6.62. The van der Waals surface area contributed by atoms with Crippen molar-refractivity contribution in [2.24, 2.45) is 0 Å². The molecule has 1 aromatic carbocycles. The maximum Gasteiger partial charge on any atom is 0.256 e. The fourth-order valence-corrected chi connectivity index (χ4v) is 2.69. The number of hydrogen-bond donors (Lipinski definition) is 1. The van der Waals surface area contributed by atoms with Crippen LogP contribution in [0.25, 0.3) is 0 Å². The second-order valence-corrected chi connectivity index (χ2v) is 5.63. The molecule has 0 atom stereocenters. The predicted molar refractivity (Wildman–Crippen MR) is 84.8 cm³/mol. The van der Waals surface area contributed by atoms with Crippen LogP contribution in [0, 0.1) is 11.3 Å². The smallest absolute Gasteiger partial charge is 0.256 e. The van der Waals surface area contributed by atoms with Crippen molar-refractivity contribution in [3.05, 3.63) is 70.0 Å². The topological polar surface area (TPSA) is 70.7 Å². The molecule has 2 heterocycles. The Morgan fingerprint density at radius 1 is 1.27 bits per heavy atom. The summed E-state index contributed by atoms with van der Waals surface area (Å²) in [5.74, 6) is 0.417. The van der Waals surface area contributed by atoms with E-state index in [4.69, 9.17) is 5.26 Å². The first-order chi connectivity index (χ1) is 10.8. The van der Waals surface area contributed by atoms with E-state index in [1.165, 1.54) is 0 Å². The van der Waals surface area contributed by atoms with Gasteiger partial charge in [0.25, 0.3) is 5.91 Å². The number of rotatable bonds is 4. The number of aromatic nitrogens is 2. The van der Waals surface area contributed by atoms with Gasteiger partial charge in [0.2, 0.25) is 0 Å². The van der Waals surface area contributed by atoms with Crippen molar-refractivity contribution >= 4 is 23.1 Å². The number of nitriles is 1. The van der Waals surface area contributed by atoms with Crippen LogP contribution in [0.1, 0.15) is 20.8 Å². The highest BCUT2D eigenvalue weighted by atomic mass is 32.1. The third-order valence-corrected chi connectivity index (χ3v) is 3.98. The van der Waals surface area contributed by atoms with Crippen molar-refractivity contribution in [1.29, 1.82) is 5.26 Å². The number of carbonyl (C=O) groups excluding carboxylic acids is 1. The van der Waals surface area contributed by atoms with Gasteiger partial charge < -0.3 is 5.32 Å². The lowest BCUT2D eigenvalue weighted by Crippen LogP contribution is -2.16. The van der Waals surface area contributed by atoms with Crippen LogP contribution in [0.5, 0.6) is 0 Å². The van der Waals surface area contributed by atoms with Crippen LogP contribution in [-0.2, 0) is 6.54 Å². The summed E-state index contributed by atoms with van der Waals surface area (Å²) < 4.78 is 1.74. The lowest BCUT2D eigenvalue weighted by atomic mass is 10.1. The zero-order valence-electron chi connectivity index (χ0n) is 11.6. The van der Waals surface area contributed by atoms with Gasteiger partial charge in [-0.25, -0.2) is 4.68 Å². The van der Waals surface area contributed by atoms with Gasteiger partial charge in [-0.2, -0.15) is 10.4 Å². The van der Waals surface area contributed by atoms with Crippen molar-refractivity contribution in [3.8, 4) is 6.07 Å². The molecule has 0 spiro atoms. The van der Waals surface area contributed by atoms with Crippen LogP contribution in [-0.4, -0.2) is 15.7 Å². The van der Waals surface area contributed by atoms with Gasteiger partial charge >= 0.3 is 0 Å². The van der Waals surface area contributed by atoms with Crippen LogP contribution in [0.15, 0.2) is 54.0 Å². The van der Waals surface area contributed by atoms with Crippen LogP contribution in [0.3, 0.4) is 0 Å². The summed E-state index contributed by atoms with van der Waals surface area (Å²) in [5, 5.41) is 17.9. The first-order valence-corrected chi connectivity index (χ1v) is 7.50. The van der Waals surface area contributed by atoms with Crippen molar-refractivity contribution in [3.63, 3.8) is 0 Å². The summed E-state index contributed by atoms with van der Waals surface area (Å²) in [6.07, 6.45) is 1.65. The van der Waals surface area contributed by atoms with Crippen molar-refractivity contribution < 1.29 is 4.79 Å². The van der Waals surface area contributed by atoms with E-state index in [2.05, 4.69) is 10.4 Å². The number of hydrogen-bond acceptors (Lipinski definition) is 4. The Morgan fingerprint density at radius 2 is 2.09 bits per heavy atom. The second kappa shape index (κ2) is 6.24. The maximum atomic E-state index is 12.2. The van der Waals surface area contributed by atoms with E-state index < -0.39 is 0 Å². The molecule has 3 aromatic rings. The van der Waals surface area contributed by atoms with Gasteiger partial charge in [0.15, 0.2) is 0 Å². The van der Waals surface area contributed by atoms with Crippen molar-refractivity contribution in [2.75, 3.05) is 5.32 Å². The zero-order chi connectivity index (χ0) is 15.4. The standard InChI is InChI=1S/C16H12N4OS/c17-10-12-3-5-13(6-4-12)16(21)19-15-7-8-18-20(15)11-14-2-1-9-22-14/h1-9H,11H2,(H,19,21). The largest absolute Gasteiger partial charge is 0.307 e. The van der Waals surface area contributed by atoms with Gasteiger partial charge in [-0.1, -0.05) is 6.07 Å². The summed E-state index contributed by atoms with van der Waals surface area (Å²) in [5.41, 5.74) is 1.03. The SMILES string of the molecule is N#Cc1ccc(C(=O)Nc2ccnn2Cc2cccs2)cc1. The number of nitrogens with zero attached hydrogens (tertiary/aromatic N) is 3. The lowest BCUT2D eigenvalue weighted by molar-refractivity contribution is 0.102. The number of benzene rings is 1. The highest BCUT2D eigenvalue weighted by Gasteiger charge is 2.10. The Morgan fingerprint density at radius 3 is 2.77 bits per heavy atom. The number of anilines is 1. The van der Waals surface area contributed by atoms with Gasteiger partial charge in [0.1, 0.15) is 5.82 Å². The van der Waals surface area contributed by atoms with Crippen LogP contribution in [0.4, 0.5) is 5.82 Å². The second-order valence-electron chi connectivity index (χ2n) is 4.60. The molecule has 0 saturated heterocycles. The third-order valence-electron chi connectivity index (χ3n) is 3.12. The van der Waals surface area contributed by atoms with Crippen LogP contribution in [0.2, 0.25) is 0 Å². The molecule has 0 aliphatic carbocycles. The summed E-state index contributed by atoms with van der Waals surface area (Å²) in [6, 6.07) is 14.3. The van der Waals surface area contributed by atoms with E-state index in [1.807, 2.05) is 23.6 Å². The van der Waals surface area contributed by atoms with E-state index >= 15 is 0 Å². The van der Waals surface area contributed by atoms with E-state index in [0.29, 0.717) is 23.5 Å². The molecule has 0 saturated carbocycles. The number of nitrogens with one attached hydrogen (secondary N) is 1. The summed E-state index contributed by atoms with van der Waals surface area (Å²) in [4.78, 5) is 13.4. The molecule has 0 aliphatic rings. The average molecular weight is 308 g/mol. The molecular weight excluding hydrogens is 296 g/mol. The Hall–Kier alpha value is -2.91. The first kappa shape index (κ1) is 14.0. The maximum absolute atomic E-state index is 12.2. The molecule has 0 unspecified atom stereocenters. The van der Waals surface area contributed by atoms with Crippen LogP contribution < -0.4 is 5.32 Å². The van der Waals surface area contributed by atoms with Gasteiger partial charge in [0, 0.05) is 16.5 Å². The minimum atomic E-state index is -0.225. The number of thiophene rings is 1. The molecule has 1 amide bonds. The highest BCUT2D eigenvalue weighted by molar-refractivity contribution is 7.09. The van der Waals surface area contributed by atoms with Crippen LogP contribution >= 0.6 is 11.3 Å². The summed E-state index contributed by atoms with van der Waals surface area (Å²) >= 11 is 1.65. The Balaban J connectivity index is 1.74. The fraction of sp³-hybridized carbons (Fsp3) is 0.0625. The minimum absolute atomic E-state index is 0.225. The third kappa shape index (κ3) is 3.05. The highest BCUT2D eigenvalue weighted by Crippen LogP contribution is 2.15. The average Bonchev–Trinajstić information content (AvgIpc) is 3.20. The molecular formula is C16H12N4OS. The number of amides is 1. The Labute approximate surface area is 131 Å². The molecule has 22 heavy (non-hydrogen) atoms. The van der Waals surface area contributed by atoms with Gasteiger partial charge in [-0.3, -0.25) is 4.79 Å². The molecule has 6 heteroatoms. The number of carbonyl (C=O) groups is 1. The molecule has 2 aromatic heterocycles. The molecule has 3 rings (SSSR count). The van der Waals surface area contributed by atoms with E-state index in [1.54, 1.807) is 52.5 Å². The summed E-state index contributed by atoms with van der Waals surface area (Å²) in [7, 11) is 0. The fourth-order valence-electron chi connectivity index (χ4n) is 2.00. The van der Waals surface area contributed by atoms with Gasteiger partial charge in [-0.05, 0) is 35.7 Å². The molecule has 0 radical (unpaired) electrons. The minimum Gasteiger partial charge on any atom is -0.307 e.